The van der Waals surface area contributed by atoms with Gasteiger partial charge >= 0.3 is 0 Å². The molecule has 0 saturated heterocycles. The molecule has 1 heterocycles. The van der Waals surface area contributed by atoms with Crippen LogP contribution in [-0.4, -0.2) is 18.3 Å². The average molecular weight is 389 g/mol. The fourth-order valence-corrected chi connectivity index (χ4v) is 4.49. The normalized spacial score (nSPS) is 21.6. The van der Waals surface area contributed by atoms with Gasteiger partial charge < -0.3 is 10.1 Å². The van der Waals surface area contributed by atoms with Gasteiger partial charge in [0.2, 0.25) is 5.91 Å². The van der Waals surface area contributed by atoms with E-state index in [2.05, 4.69) is 36.5 Å². The number of Topliss-reactive ketones (excluding diaryl/α,β-unsaturated/α-hetero) is 1. The lowest BCUT2D eigenvalue weighted by Gasteiger charge is -2.34. The van der Waals surface area contributed by atoms with E-state index in [-0.39, 0.29) is 23.5 Å². The first-order chi connectivity index (χ1) is 14.1. The van der Waals surface area contributed by atoms with Crippen LogP contribution in [-0.2, 0) is 16.0 Å². The van der Waals surface area contributed by atoms with Gasteiger partial charge in [-0.1, -0.05) is 43.3 Å². The first kappa shape index (κ1) is 19.4. The van der Waals surface area contributed by atoms with Crippen molar-refractivity contribution in [1.29, 1.82) is 0 Å². The lowest BCUT2D eigenvalue weighted by molar-refractivity contribution is -0.122. The predicted octanol–water partition coefficient (Wildman–Crippen LogP) is 4.65. The summed E-state index contributed by atoms with van der Waals surface area (Å²) in [6, 6.07) is 16.3. The molecule has 0 radical (unpaired) electrons. The third-order valence-electron chi connectivity index (χ3n) is 5.97. The number of rotatable bonds is 5. The van der Waals surface area contributed by atoms with E-state index in [9.17, 15) is 9.59 Å². The van der Waals surface area contributed by atoms with Crippen molar-refractivity contribution in [3.63, 3.8) is 0 Å². The largest absolute Gasteiger partial charge is 0.494 e. The first-order valence-electron chi connectivity index (χ1n) is 10.5. The number of benzene rings is 2. The Bertz CT molecular complexity index is 958. The Morgan fingerprint density at radius 1 is 0.966 bits per heavy atom. The van der Waals surface area contributed by atoms with E-state index in [1.165, 1.54) is 5.56 Å². The van der Waals surface area contributed by atoms with E-state index < -0.39 is 0 Å². The van der Waals surface area contributed by atoms with E-state index in [1.807, 2.05) is 31.2 Å². The summed E-state index contributed by atoms with van der Waals surface area (Å²) in [5.74, 6) is 0.805. The summed E-state index contributed by atoms with van der Waals surface area (Å²) in [5, 5.41) is 3.00. The molecule has 0 fully saturated rings. The molecule has 2 atom stereocenters. The quantitative estimate of drug-likeness (QED) is 0.810. The minimum atomic E-state index is -0.199. The Hall–Kier alpha value is -2.88. The van der Waals surface area contributed by atoms with Crippen molar-refractivity contribution in [2.24, 2.45) is 0 Å². The van der Waals surface area contributed by atoms with Crippen LogP contribution in [0.15, 0.2) is 59.8 Å². The van der Waals surface area contributed by atoms with Gasteiger partial charge in [-0.3, -0.25) is 9.59 Å². The maximum absolute atomic E-state index is 13.2. The molecule has 0 aromatic heterocycles. The van der Waals surface area contributed by atoms with Gasteiger partial charge in [-0.15, -0.1) is 0 Å². The third kappa shape index (κ3) is 3.98. The number of carbonyl (C=O) groups is 2. The fraction of sp³-hybridized carbons (Fsp3) is 0.360. The van der Waals surface area contributed by atoms with Crippen molar-refractivity contribution in [1.82, 2.24) is 5.32 Å². The molecule has 0 bridgehead atoms. The van der Waals surface area contributed by atoms with Crippen molar-refractivity contribution < 1.29 is 14.3 Å². The van der Waals surface area contributed by atoms with Crippen molar-refractivity contribution in [3.8, 4) is 5.75 Å². The number of allylic oxidation sites excluding steroid dienone is 2. The maximum Gasteiger partial charge on any atom is 0.225 e. The van der Waals surface area contributed by atoms with Gasteiger partial charge in [0.1, 0.15) is 5.75 Å². The zero-order chi connectivity index (χ0) is 20.4. The Balaban J connectivity index is 1.66. The topological polar surface area (TPSA) is 55.4 Å². The highest BCUT2D eigenvalue weighted by molar-refractivity contribution is 6.02. The van der Waals surface area contributed by atoms with Crippen molar-refractivity contribution in [2.45, 2.75) is 51.4 Å². The van der Waals surface area contributed by atoms with E-state index in [4.69, 9.17) is 4.74 Å². The Morgan fingerprint density at radius 3 is 2.48 bits per heavy atom. The molecule has 4 nitrogen and oxygen atoms in total. The molecule has 2 aromatic carbocycles. The van der Waals surface area contributed by atoms with E-state index in [0.29, 0.717) is 25.9 Å². The monoisotopic (exact) mass is 389 g/mol. The summed E-state index contributed by atoms with van der Waals surface area (Å²) in [7, 11) is 0. The van der Waals surface area contributed by atoms with Gasteiger partial charge in [-0.25, -0.2) is 0 Å². The van der Waals surface area contributed by atoms with Crippen LogP contribution in [0.25, 0.3) is 0 Å². The predicted molar refractivity (Wildman–Crippen MR) is 113 cm³/mol. The number of ether oxygens (including phenoxy) is 1. The molecule has 1 amide bonds. The Morgan fingerprint density at radius 2 is 1.76 bits per heavy atom. The number of carbonyl (C=O) groups excluding carboxylic acids is 2. The molecule has 2 aromatic rings. The molecule has 0 spiro atoms. The van der Waals surface area contributed by atoms with Gasteiger partial charge in [0.15, 0.2) is 5.78 Å². The van der Waals surface area contributed by atoms with Crippen LogP contribution < -0.4 is 10.1 Å². The van der Waals surface area contributed by atoms with Crippen LogP contribution in [0.4, 0.5) is 0 Å². The van der Waals surface area contributed by atoms with E-state index in [0.717, 1.165) is 34.6 Å². The summed E-state index contributed by atoms with van der Waals surface area (Å²) < 4.78 is 5.62. The molecular formula is C25H27NO3. The Labute approximate surface area is 172 Å². The smallest absolute Gasteiger partial charge is 0.225 e. The zero-order valence-corrected chi connectivity index (χ0v) is 17.0. The first-order valence-corrected chi connectivity index (χ1v) is 10.5. The summed E-state index contributed by atoms with van der Waals surface area (Å²) >= 11 is 0. The van der Waals surface area contributed by atoms with Crippen molar-refractivity contribution in [2.75, 3.05) is 6.61 Å². The fourth-order valence-electron chi connectivity index (χ4n) is 4.49. The lowest BCUT2D eigenvalue weighted by atomic mass is 9.73. The number of nitrogens with one attached hydrogen (secondary N) is 1. The third-order valence-corrected chi connectivity index (χ3v) is 5.97. The number of hydrogen-bond donors (Lipinski definition) is 1. The molecule has 150 valence electrons. The molecule has 1 aliphatic carbocycles. The van der Waals surface area contributed by atoms with Crippen LogP contribution in [0.5, 0.6) is 5.75 Å². The minimum Gasteiger partial charge on any atom is -0.494 e. The number of ketones is 1. The molecule has 4 heteroatoms. The average Bonchev–Trinajstić information content (AvgIpc) is 2.73. The summed E-state index contributed by atoms with van der Waals surface area (Å²) in [4.78, 5) is 25.7. The van der Waals surface area contributed by atoms with Crippen LogP contribution in [0.2, 0.25) is 0 Å². The van der Waals surface area contributed by atoms with Crippen LogP contribution in [0.1, 0.15) is 61.6 Å². The lowest BCUT2D eigenvalue weighted by Crippen LogP contribution is -2.38. The van der Waals surface area contributed by atoms with Gasteiger partial charge in [0.05, 0.1) is 6.61 Å². The zero-order valence-electron chi connectivity index (χ0n) is 17.0. The summed E-state index contributed by atoms with van der Waals surface area (Å²) in [6.45, 7) is 4.66. The van der Waals surface area contributed by atoms with Gasteiger partial charge in [0, 0.05) is 30.0 Å². The molecule has 1 N–H and O–H groups in total. The van der Waals surface area contributed by atoms with Crippen LogP contribution >= 0.6 is 0 Å². The molecule has 2 aliphatic rings. The SMILES string of the molecule is CCOc1cccc(C2CC(=O)NC3=C2C(=O)CC(c2ccc(CC)cc2)C3)c1. The summed E-state index contributed by atoms with van der Waals surface area (Å²) in [5.41, 5.74) is 5.00. The maximum atomic E-state index is 13.2. The van der Waals surface area contributed by atoms with Crippen LogP contribution in [0.3, 0.4) is 0 Å². The van der Waals surface area contributed by atoms with Gasteiger partial charge in [-0.05, 0) is 54.5 Å². The second kappa shape index (κ2) is 8.24. The minimum absolute atomic E-state index is 0.0228. The van der Waals surface area contributed by atoms with Gasteiger partial charge in [-0.2, -0.15) is 0 Å². The second-order valence-electron chi connectivity index (χ2n) is 7.83. The van der Waals surface area contributed by atoms with Gasteiger partial charge in [0.25, 0.3) is 0 Å². The number of amides is 1. The molecule has 2 unspecified atom stereocenters. The standard InChI is InChI=1S/C25H27NO3/c1-3-16-8-10-17(11-9-16)19-13-22-25(23(27)14-19)21(15-24(28)26-22)18-6-5-7-20(12-18)29-4-2/h5-12,19,21H,3-4,13-15H2,1-2H3,(H,26,28). The highest BCUT2D eigenvalue weighted by atomic mass is 16.5. The molecule has 29 heavy (non-hydrogen) atoms. The summed E-state index contributed by atoms with van der Waals surface area (Å²) in [6.07, 6.45) is 2.48. The van der Waals surface area contributed by atoms with E-state index >= 15 is 0 Å². The molecule has 0 saturated carbocycles. The highest BCUT2D eigenvalue weighted by Gasteiger charge is 2.38. The second-order valence-corrected chi connectivity index (χ2v) is 7.83. The Kier molecular flexibility index (Phi) is 5.52. The number of aryl methyl sites for hydroxylation is 1. The number of hydrogen-bond acceptors (Lipinski definition) is 3. The highest BCUT2D eigenvalue weighted by Crippen LogP contribution is 2.43. The molecule has 4 rings (SSSR count). The van der Waals surface area contributed by atoms with Crippen LogP contribution in [0, 0.1) is 0 Å². The van der Waals surface area contributed by atoms with E-state index in [1.54, 1.807) is 0 Å². The molecule has 1 aliphatic heterocycles. The molecular weight excluding hydrogens is 362 g/mol. The van der Waals surface area contributed by atoms with Crippen molar-refractivity contribution in [3.05, 3.63) is 76.5 Å². The van der Waals surface area contributed by atoms with Crippen molar-refractivity contribution >= 4 is 11.7 Å².